The van der Waals surface area contributed by atoms with Gasteiger partial charge in [-0.25, -0.2) is 18.5 Å². The summed E-state index contributed by atoms with van der Waals surface area (Å²) >= 11 is 0. The van der Waals surface area contributed by atoms with Crippen LogP contribution in [0.4, 0.5) is 10.3 Å². The molecule has 2 aromatic heterocycles. The Bertz CT molecular complexity index is 1100. The zero-order valence-corrected chi connectivity index (χ0v) is 13.7. The maximum Gasteiger partial charge on any atom is 0.347 e. The highest BCUT2D eigenvalue weighted by Gasteiger charge is 2.20. The van der Waals surface area contributed by atoms with E-state index < -0.39 is 28.7 Å². The fraction of sp³-hybridized carbons (Fsp3) is 0.214. The van der Waals surface area contributed by atoms with Crippen LogP contribution >= 0.6 is 0 Å². The lowest BCUT2D eigenvalue weighted by atomic mass is 10.2. The van der Waals surface area contributed by atoms with Gasteiger partial charge in [-0.2, -0.15) is 5.10 Å². The van der Waals surface area contributed by atoms with Crippen LogP contribution < -0.4 is 16.6 Å². The molecule has 1 aromatic carbocycles. The molecule has 0 spiro atoms. The average Bonchev–Trinajstić information content (AvgIpc) is 3.00. The molecule has 0 aliphatic rings. The molecule has 3 rings (SSSR count). The van der Waals surface area contributed by atoms with E-state index in [4.69, 9.17) is 0 Å². The number of halogens is 1. The fourth-order valence-corrected chi connectivity index (χ4v) is 2.22. The highest BCUT2D eigenvalue weighted by molar-refractivity contribution is 6.01. The molecule has 2 heterocycles. The molecular weight excluding hydrogens is 347 g/mol. The summed E-state index contributed by atoms with van der Waals surface area (Å²) < 4.78 is 16.2. The number of hydrogen-bond donors (Lipinski definition) is 1. The number of anilines is 1. The van der Waals surface area contributed by atoms with Crippen molar-refractivity contribution in [2.45, 2.75) is 6.54 Å². The lowest BCUT2D eigenvalue weighted by molar-refractivity contribution is 0.101. The van der Waals surface area contributed by atoms with Crippen LogP contribution in [0.5, 0.6) is 0 Å². The Morgan fingerprint density at radius 1 is 1.23 bits per heavy atom. The molecular formula is C14H13FN8O3. The van der Waals surface area contributed by atoms with Gasteiger partial charge in [0.25, 0.3) is 11.5 Å². The van der Waals surface area contributed by atoms with E-state index >= 15 is 0 Å². The van der Waals surface area contributed by atoms with Crippen LogP contribution in [0.3, 0.4) is 0 Å². The molecule has 0 fully saturated rings. The molecule has 12 heteroatoms. The molecule has 0 aliphatic carbocycles. The van der Waals surface area contributed by atoms with Gasteiger partial charge in [0.15, 0.2) is 0 Å². The summed E-state index contributed by atoms with van der Waals surface area (Å²) in [6.07, 6.45) is 0. The van der Waals surface area contributed by atoms with Gasteiger partial charge in [0.2, 0.25) is 11.6 Å². The molecule has 0 unspecified atom stereocenters. The predicted octanol–water partition coefficient (Wildman–Crippen LogP) is -1.09. The molecule has 0 atom stereocenters. The topological polar surface area (TPSA) is 130 Å². The smallest absolute Gasteiger partial charge is 0.288 e. The number of benzene rings is 1. The van der Waals surface area contributed by atoms with Crippen LogP contribution in [0.1, 0.15) is 16.1 Å². The van der Waals surface area contributed by atoms with Crippen molar-refractivity contribution in [1.29, 1.82) is 0 Å². The molecule has 0 radical (unpaired) electrons. The van der Waals surface area contributed by atoms with Gasteiger partial charge in [-0.1, -0.05) is 17.2 Å². The van der Waals surface area contributed by atoms with Crippen molar-refractivity contribution in [3.63, 3.8) is 0 Å². The Balaban J connectivity index is 2.01. The minimum Gasteiger partial charge on any atom is -0.288 e. The van der Waals surface area contributed by atoms with Crippen LogP contribution in [0.2, 0.25) is 0 Å². The van der Waals surface area contributed by atoms with E-state index in [1.54, 1.807) is 6.07 Å². The van der Waals surface area contributed by atoms with E-state index in [1.807, 2.05) is 0 Å². The van der Waals surface area contributed by atoms with E-state index in [1.165, 1.54) is 37.0 Å². The lowest BCUT2D eigenvalue weighted by Gasteiger charge is -2.09. The predicted molar refractivity (Wildman–Crippen MR) is 86.0 cm³/mol. The number of nitrogens with one attached hydrogen (secondary N) is 1. The van der Waals surface area contributed by atoms with Gasteiger partial charge in [-0.15, -0.1) is 0 Å². The van der Waals surface area contributed by atoms with Gasteiger partial charge in [0, 0.05) is 14.1 Å². The summed E-state index contributed by atoms with van der Waals surface area (Å²) in [4.78, 5) is 37.1. The Kier molecular flexibility index (Phi) is 4.39. The highest BCUT2D eigenvalue weighted by Crippen LogP contribution is 2.04. The number of carbonyl (C=O) groups is 1. The maximum absolute atomic E-state index is 13.3. The third-order valence-corrected chi connectivity index (χ3v) is 3.50. The van der Waals surface area contributed by atoms with E-state index in [9.17, 15) is 18.8 Å². The number of nitrogens with zero attached hydrogens (tertiary/aromatic N) is 7. The molecule has 26 heavy (non-hydrogen) atoms. The Morgan fingerprint density at radius 3 is 2.65 bits per heavy atom. The minimum atomic E-state index is -0.912. The first-order valence-corrected chi connectivity index (χ1v) is 7.33. The van der Waals surface area contributed by atoms with Crippen molar-refractivity contribution < 1.29 is 9.18 Å². The van der Waals surface area contributed by atoms with E-state index in [0.29, 0.717) is 5.56 Å². The summed E-state index contributed by atoms with van der Waals surface area (Å²) in [5.74, 6) is -1.38. The molecule has 0 aliphatic heterocycles. The quantitative estimate of drug-likeness (QED) is 0.625. The minimum absolute atomic E-state index is 0.00161. The second-order valence-electron chi connectivity index (χ2n) is 5.36. The Morgan fingerprint density at radius 2 is 2.00 bits per heavy atom. The number of carbonyl (C=O) groups excluding carboxylic acids is 1. The Hall–Kier alpha value is -3.70. The van der Waals surface area contributed by atoms with Crippen LogP contribution in [0.15, 0.2) is 33.9 Å². The summed E-state index contributed by atoms with van der Waals surface area (Å²) in [7, 11) is 2.79. The SMILES string of the molecule is Cn1nnnc1NC(=O)c1nn(C)c(=O)n(Cc2cccc(F)c2)c1=O. The molecule has 1 N–H and O–H groups in total. The van der Waals surface area contributed by atoms with Gasteiger partial charge >= 0.3 is 5.69 Å². The van der Waals surface area contributed by atoms with Gasteiger partial charge in [-0.05, 0) is 28.1 Å². The molecule has 0 bridgehead atoms. The average molecular weight is 360 g/mol. The number of rotatable bonds is 4. The third-order valence-electron chi connectivity index (χ3n) is 3.50. The van der Waals surface area contributed by atoms with Gasteiger partial charge in [0.05, 0.1) is 6.54 Å². The molecule has 0 saturated heterocycles. The van der Waals surface area contributed by atoms with Gasteiger partial charge in [0.1, 0.15) is 5.82 Å². The molecule has 1 amide bonds. The zero-order valence-electron chi connectivity index (χ0n) is 13.7. The first-order valence-electron chi connectivity index (χ1n) is 7.33. The monoisotopic (exact) mass is 360 g/mol. The second kappa shape index (κ2) is 6.66. The number of tetrazole rings is 1. The zero-order chi connectivity index (χ0) is 18.8. The van der Waals surface area contributed by atoms with E-state index in [2.05, 4.69) is 25.9 Å². The van der Waals surface area contributed by atoms with Crippen LogP contribution in [0.25, 0.3) is 0 Å². The summed E-state index contributed by atoms with van der Waals surface area (Å²) in [5, 5.41) is 16.5. The lowest BCUT2D eigenvalue weighted by Crippen LogP contribution is -2.44. The second-order valence-corrected chi connectivity index (χ2v) is 5.36. The van der Waals surface area contributed by atoms with Crippen molar-refractivity contribution in [2.75, 3.05) is 5.32 Å². The van der Waals surface area contributed by atoms with Crippen molar-refractivity contribution in [3.8, 4) is 0 Å². The van der Waals surface area contributed by atoms with E-state index in [0.717, 1.165) is 9.25 Å². The van der Waals surface area contributed by atoms with Crippen LogP contribution in [0, 0.1) is 5.82 Å². The number of aryl methyl sites for hydroxylation is 2. The molecule has 0 saturated carbocycles. The normalized spacial score (nSPS) is 10.7. The van der Waals surface area contributed by atoms with Crippen molar-refractivity contribution >= 4 is 11.9 Å². The molecule has 3 aromatic rings. The largest absolute Gasteiger partial charge is 0.347 e. The van der Waals surface area contributed by atoms with Crippen molar-refractivity contribution in [1.82, 2.24) is 34.6 Å². The van der Waals surface area contributed by atoms with Gasteiger partial charge < -0.3 is 0 Å². The number of aromatic nitrogens is 7. The first-order chi connectivity index (χ1) is 12.4. The first kappa shape index (κ1) is 17.1. The fourth-order valence-electron chi connectivity index (χ4n) is 2.22. The number of hydrogen-bond acceptors (Lipinski definition) is 7. The summed E-state index contributed by atoms with van der Waals surface area (Å²) in [6.45, 7) is -0.211. The Labute approximate surface area is 144 Å². The maximum atomic E-state index is 13.3. The highest BCUT2D eigenvalue weighted by atomic mass is 19.1. The summed E-state index contributed by atoms with van der Waals surface area (Å²) in [5.41, 5.74) is -1.79. The van der Waals surface area contributed by atoms with Crippen molar-refractivity contribution in [3.05, 3.63) is 62.2 Å². The van der Waals surface area contributed by atoms with Crippen molar-refractivity contribution in [2.24, 2.45) is 14.1 Å². The van der Waals surface area contributed by atoms with E-state index in [-0.39, 0.29) is 12.5 Å². The summed E-state index contributed by atoms with van der Waals surface area (Å²) in [6, 6.07) is 5.44. The van der Waals surface area contributed by atoms with Crippen LogP contribution in [-0.4, -0.2) is 40.5 Å². The van der Waals surface area contributed by atoms with Gasteiger partial charge in [-0.3, -0.25) is 19.5 Å². The standard InChI is InChI=1S/C14H13FN8O3/c1-21-13(17-19-20-21)16-11(24)10-12(25)23(14(26)22(2)18-10)7-8-4-3-5-9(15)6-8/h3-6H,7H2,1-2H3,(H,16,17,20,24). The third kappa shape index (κ3) is 3.24. The van der Waals surface area contributed by atoms with Crippen LogP contribution in [-0.2, 0) is 20.6 Å². The molecule has 134 valence electrons. The molecule has 11 nitrogen and oxygen atoms in total. The number of amides is 1.